The molecule has 0 atom stereocenters. The summed E-state index contributed by atoms with van der Waals surface area (Å²) in [4.78, 5) is 0. The number of methoxy groups -OCH3 is 2. The van der Waals surface area contributed by atoms with Crippen molar-refractivity contribution in [2.75, 3.05) is 65.4 Å². The zero-order valence-corrected chi connectivity index (χ0v) is 24.5. The van der Waals surface area contributed by atoms with Gasteiger partial charge >= 0.3 is 0 Å². The van der Waals surface area contributed by atoms with Crippen LogP contribution in [0.25, 0.3) is 0 Å². The fourth-order valence-electron chi connectivity index (χ4n) is 4.31. The number of ether oxygens (including phenoxy) is 5. The molecule has 3 rings (SSSR count). The third kappa shape index (κ3) is 9.17. The minimum absolute atomic E-state index is 0.0849. The Morgan fingerprint density at radius 2 is 1.23 bits per heavy atom. The number of benzene rings is 3. The molecule has 0 saturated carbocycles. The molecule has 0 aromatic heterocycles. The maximum absolute atomic E-state index is 8.72. The van der Waals surface area contributed by atoms with Crippen LogP contribution >= 0.6 is 21.6 Å². The van der Waals surface area contributed by atoms with Crippen LogP contribution in [0.5, 0.6) is 11.5 Å². The van der Waals surface area contributed by atoms with E-state index in [1.165, 1.54) is 0 Å². The monoisotopic (exact) mass is 572 g/mol. The van der Waals surface area contributed by atoms with E-state index in [-0.39, 0.29) is 6.61 Å². The summed E-state index contributed by atoms with van der Waals surface area (Å²) in [6, 6.07) is 26.3. The smallest absolute Gasteiger partial charge is 0.167 e. The molecule has 0 fully saturated rings. The molecule has 3 aromatic rings. The summed E-state index contributed by atoms with van der Waals surface area (Å²) in [6.45, 7) is 2.77. The zero-order chi connectivity index (χ0) is 27.6. The summed E-state index contributed by atoms with van der Waals surface area (Å²) in [5.41, 5.74) is 1.95. The van der Waals surface area contributed by atoms with Gasteiger partial charge in [0.25, 0.3) is 0 Å². The largest absolute Gasteiger partial charge is 0.493 e. The molecular formula is C31H40O6S2. The summed E-state index contributed by atoms with van der Waals surface area (Å²) in [5, 5.41) is 8.72. The fourth-order valence-corrected chi connectivity index (χ4v) is 6.43. The molecule has 0 aliphatic heterocycles. The van der Waals surface area contributed by atoms with Gasteiger partial charge in [0, 0.05) is 30.3 Å². The molecule has 1 N–H and O–H groups in total. The molecule has 0 bridgehead atoms. The number of rotatable bonds is 20. The van der Waals surface area contributed by atoms with E-state index >= 15 is 0 Å². The van der Waals surface area contributed by atoms with E-state index in [1.54, 1.807) is 14.2 Å². The van der Waals surface area contributed by atoms with Crippen molar-refractivity contribution in [2.45, 2.75) is 18.4 Å². The Balaban J connectivity index is 1.65. The Morgan fingerprint density at radius 1 is 0.641 bits per heavy atom. The molecular weight excluding hydrogens is 532 g/mol. The second-order valence-corrected chi connectivity index (χ2v) is 11.3. The molecule has 0 saturated heterocycles. The van der Waals surface area contributed by atoms with Gasteiger partial charge in [0.05, 0.1) is 40.6 Å². The van der Waals surface area contributed by atoms with Crippen LogP contribution in [-0.4, -0.2) is 70.5 Å². The second-order valence-electron chi connectivity index (χ2n) is 8.60. The minimum Gasteiger partial charge on any atom is -0.493 e. The summed E-state index contributed by atoms with van der Waals surface area (Å²) in [5.74, 6) is 3.36. The van der Waals surface area contributed by atoms with Crippen molar-refractivity contribution in [2.24, 2.45) is 0 Å². The Kier molecular flexibility index (Phi) is 14.6. The molecule has 3 aromatic carbocycles. The normalized spacial score (nSPS) is 11.5. The highest BCUT2D eigenvalue weighted by Gasteiger charge is 2.40. The van der Waals surface area contributed by atoms with Gasteiger partial charge in [-0.3, -0.25) is 0 Å². The molecule has 0 unspecified atom stereocenters. The molecule has 0 spiro atoms. The number of hydrogen-bond donors (Lipinski definition) is 1. The molecule has 39 heavy (non-hydrogen) atoms. The van der Waals surface area contributed by atoms with E-state index in [1.807, 2.05) is 76.2 Å². The first-order valence-corrected chi connectivity index (χ1v) is 15.7. The van der Waals surface area contributed by atoms with E-state index in [0.29, 0.717) is 44.5 Å². The first-order valence-electron chi connectivity index (χ1n) is 13.2. The lowest BCUT2D eigenvalue weighted by Crippen LogP contribution is -2.34. The van der Waals surface area contributed by atoms with Gasteiger partial charge in [-0.05, 0) is 30.0 Å². The average molecular weight is 573 g/mol. The maximum atomic E-state index is 8.72. The number of aliphatic hydroxyl groups excluding tert-OH is 1. The van der Waals surface area contributed by atoms with Crippen molar-refractivity contribution >= 4 is 21.6 Å². The van der Waals surface area contributed by atoms with Crippen LogP contribution in [0, 0.1) is 0 Å². The SMILES string of the molecule is COc1cccc(C(OCCOCCCSSCCCOCCO)(c2ccccc2)c2ccccc2)c1OC. The van der Waals surface area contributed by atoms with Crippen LogP contribution in [0.1, 0.15) is 29.5 Å². The maximum Gasteiger partial charge on any atom is 0.167 e. The van der Waals surface area contributed by atoms with Crippen LogP contribution in [0.4, 0.5) is 0 Å². The highest BCUT2D eigenvalue weighted by atomic mass is 33.1. The predicted octanol–water partition coefficient (Wildman–Crippen LogP) is 6.20. The molecule has 0 heterocycles. The fraction of sp³-hybridized carbons (Fsp3) is 0.419. The minimum atomic E-state index is -0.918. The molecule has 0 aliphatic rings. The Hall–Kier alpha value is -2.20. The van der Waals surface area contributed by atoms with E-state index < -0.39 is 5.60 Å². The number of aliphatic hydroxyl groups is 1. The van der Waals surface area contributed by atoms with Crippen molar-refractivity contribution in [1.82, 2.24) is 0 Å². The highest BCUT2D eigenvalue weighted by molar-refractivity contribution is 8.76. The molecule has 0 amide bonds. The van der Waals surface area contributed by atoms with Crippen molar-refractivity contribution in [3.05, 3.63) is 95.6 Å². The van der Waals surface area contributed by atoms with Crippen molar-refractivity contribution in [3.8, 4) is 11.5 Å². The summed E-state index contributed by atoms with van der Waals surface area (Å²) in [7, 11) is 7.02. The molecule has 212 valence electrons. The van der Waals surface area contributed by atoms with Gasteiger partial charge in [-0.2, -0.15) is 0 Å². The molecule has 0 aliphatic carbocycles. The number of hydrogen-bond acceptors (Lipinski definition) is 8. The number of para-hydroxylation sites is 1. The standard InChI is InChI=1S/C31H40O6S2/c1-33-29-17-9-16-28(30(29)34-2)31(26-12-5-3-6-13-26,27-14-7-4-8-15-27)37-23-22-36-20-11-25-39-38-24-10-19-35-21-18-32/h3-9,12-17,32H,10-11,18-25H2,1-2H3. The quantitative estimate of drug-likeness (QED) is 0.0976. The van der Waals surface area contributed by atoms with Crippen molar-refractivity contribution in [3.63, 3.8) is 0 Å². The van der Waals surface area contributed by atoms with Gasteiger partial charge < -0.3 is 28.8 Å². The van der Waals surface area contributed by atoms with Gasteiger partial charge in [0.15, 0.2) is 11.5 Å². The Bertz CT molecular complexity index is 1010. The molecule has 0 radical (unpaired) electrons. The first-order chi connectivity index (χ1) is 19.3. The summed E-state index contributed by atoms with van der Waals surface area (Å²) in [6.07, 6.45) is 1.97. The van der Waals surface area contributed by atoms with Gasteiger partial charge in [-0.15, -0.1) is 0 Å². The van der Waals surface area contributed by atoms with E-state index in [0.717, 1.165) is 41.0 Å². The van der Waals surface area contributed by atoms with Crippen LogP contribution in [0.15, 0.2) is 78.9 Å². The topological polar surface area (TPSA) is 66.4 Å². The zero-order valence-electron chi connectivity index (χ0n) is 22.9. The third-order valence-corrected chi connectivity index (χ3v) is 8.62. The van der Waals surface area contributed by atoms with Crippen LogP contribution in [0.2, 0.25) is 0 Å². The first kappa shape index (κ1) is 31.3. The average Bonchev–Trinajstić information content (AvgIpc) is 3.00. The van der Waals surface area contributed by atoms with Crippen molar-refractivity contribution in [1.29, 1.82) is 0 Å². The molecule has 8 heteroatoms. The van der Waals surface area contributed by atoms with Crippen LogP contribution in [0.3, 0.4) is 0 Å². The summed E-state index contributed by atoms with van der Waals surface area (Å²) < 4.78 is 29.6. The lowest BCUT2D eigenvalue weighted by atomic mass is 9.79. The van der Waals surface area contributed by atoms with Gasteiger partial charge in [-0.1, -0.05) is 94.4 Å². The van der Waals surface area contributed by atoms with Crippen LogP contribution < -0.4 is 9.47 Å². The highest BCUT2D eigenvalue weighted by Crippen LogP contribution is 2.47. The van der Waals surface area contributed by atoms with Gasteiger partial charge in [-0.25, -0.2) is 0 Å². The lowest BCUT2D eigenvalue weighted by Gasteiger charge is -2.37. The lowest BCUT2D eigenvalue weighted by molar-refractivity contribution is -0.0246. The van der Waals surface area contributed by atoms with Crippen molar-refractivity contribution < 1.29 is 28.8 Å². The Labute approximate surface area is 240 Å². The second kappa shape index (κ2) is 18.2. The van der Waals surface area contributed by atoms with Gasteiger partial charge in [0.1, 0.15) is 5.60 Å². The van der Waals surface area contributed by atoms with E-state index in [4.69, 9.17) is 28.8 Å². The van der Waals surface area contributed by atoms with Gasteiger partial charge in [0.2, 0.25) is 0 Å². The Morgan fingerprint density at radius 3 is 1.77 bits per heavy atom. The summed E-state index contributed by atoms with van der Waals surface area (Å²) >= 11 is 0. The molecule has 6 nitrogen and oxygen atoms in total. The third-order valence-electron chi connectivity index (χ3n) is 6.04. The van der Waals surface area contributed by atoms with Crippen LogP contribution in [-0.2, 0) is 19.8 Å². The predicted molar refractivity (Wildman–Crippen MR) is 161 cm³/mol. The van der Waals surface area contributed by atoms with E-state index in [9.17, 15) is 0 Å². The van der Waals surface area contributed by atoms with E-state index in [2.05, 4.69) is 24.3 Å².